The number of rotatable bonds is 5. The van der Waals surface area contributed by atoms with Crippen LogP contribution in [0.3, 0.4) is 0 Å². The molecule has 4 aromatic rings. The molecule has 3 heterocycles. The molecule has 0 atom stereocenters. The molecule has 0 aliphatic carbocycles. The van der Waals surface area contributed by atoms with Crippen molar-refractivity contribution in [2.75, 3.05) is 5.32 Å². The summed E-state index contributed by atoms with van der Waals surface area (Å²) in [5.41, 5.74) is 3.82. The first-order chi connectivity index (χ1) is 13.0. The van der Waals surface area contributed by atoms with Crippen LogP contribution >= 0.6 is 0 Å². The summed E-state index contributed by atoms with van der Waals surface area (Å²) in [5, 5.41) is 8.48. The molecule has 0 aliphatic rings. The van der Waals surface area contributed by atoms with Crippen molar-refractivity contribution in [3.63, 3.8) is 0 Å². The minimum atomic E-state index is -0.194. The topological polar surface area (TPSA) is 65.0 Å². The average molecular weight is 362 g/mol. The molecule has 0 bridgehead atoms. The molecule has 1 aromatic carbocycles. The summed E-state index contributed by atoms with van der Waals surface area (Å²) in [6.45, 7) is 5.37. The zero-order chi connectivity index (χ0) is 19.0. The molecule has 0 unspecified atom stereocenters. The standard InChI is InChI=1S/C21H22N4O2/c1-14(2)11-25-8-6-15-10-17(4-5-19(15)25)22-21(26)18-12-24(3)23-20(18)16-7-9-27-13-16/h4-10,12-14H,11H2,1-3H3,(H,22,26). The van der Waals surface area contributed by atoms with E-state index in [4.69, 9.17) is 4.42 Å². The second-order valence-electron chi connectivity index (χ2n) is 7.17. The number of benzene rings is 1. The molecule has 0 saturated carbocycles. The zero-order valence-corrected chi connectivity index (χ0v) is 15.6. The Morgan fingerprint density at radius 1 is 1.26 bits per heavy atom. The number of aryl methyl sites for hydroxylation is 1. The molecule has 0 aliphatic heterocycles. The van der Waals surface area contributed by atoms with E-state index in [0.717, 1.165) is 23.2 Å². The smallest absolute Gasteiger partial charge is 0.259 e. The molecule has 27 heavy (non-hydrogen) atoms. The van der Waals surface area contributed by atoms with Gasteiger partial charge in [0.1, 0.15) is 5.69 Å². The molecular weight excluding hydrogens is 340 g/mol. The molecule has 6 heteroatoms. The highest BCUT2D eigenvalue weighted by Gasteiger charge is 2.18. The summed E-state index contributed by atoms with van der Waals surface area (Å²) < 4.78 is 9.00. The third-order valence-electron chi connectivity index (χ3n) is 4.46. The van der Waals surface area contributed by atoms with E-state index >= 15 is 0 Å². The van der Waals surface area contributed by atoms with Gasteiger partial charge in [0, 0.05) is 48.1 Å². The van der Waals surface area contributed by atoms with Crippen LogP contribution in [0.4, 0.5) is 5.69 Å². The van der Waals surface area contributed by atoms with E-state index < -0.39 is 0 Å². The monoisotopic (exact) mass is 362 g/mol. The van der Waals surface area contributed by atoms with E-state index in [-0.39, 0.29) is 5.91 Å². The van der Waals surface area contributed by atoms with E-state index in [0.29, 0.717) is 17.2 Å². The maximum atomic E-state index is 12.8. The average Bonchev–Trinajstić information content (AvgIpc) is 3.34. The molecule has 6 nitrogen and oxygen atoms in total. The van der Waals surface area contributed by atoms with Crippen molar-refractivity contribution in [2.24, 2.45) is 13.0 Å². The summed E-state index contributed by atoms with van der Waals surface area (Å²) >= 11 is 0. The first-order valence-electron chi connectivity index (χ1n) is 8.97. The summed E-state index contributed by atoms with van der Waals surface area (Å²) in [6.07, 6.45) is 6.97. The van der Waals surface area contributed by atoms with Crippen LogP contribution in [0.15, 0.2) is 59.7 Å². The number of amides is 1. The van der Waals surface area contributed by atoms with E-state index in [1.54, 1.807) is 36.5 Å². The van der Waals surface area contributed by atoms with E-state index in [1.807, 2.05) is 18.2 Å². The molecule has 3 aromatic heterocycles. The molecule has 0 spiro atoms. The van der Waals surface area contributed by atoms with Gasteiger partial charge >= 0.3 is 0 Å². The number of nitrogens with one attached hydrogen (secondary N) is 1. The first-order valence-corrected chi connectivity index (χ1v) is 8.97. The minimum absolute atomic E-state index is 0.194. The summed E-state index contributed by atoms with van der Waals surface area (Å²) in [5.74, 6) is 0.382. The first kappa shape index (κ1) is 17.1. The molecule has 0 saturated heterocycles. The highest BCUT2D eigenvalue weighted by Crippen LogP contribution is 2.25. The van der Waals surface area contributed by atoms with Gasteiger partial charge < -0.3 is 14.3 Å². The molecule has 138 valence electrons. The number of nitrogens with zero attached hydrogens (tertiary/aromatic N) is 3. The van der Waals surface area contributed by atoms with Gasteiger partial charge in [-0.05, 0) is 36.2 Å². The van der Waals surface area contributed by atoms with Crippen molar-refractivity contribution in [1.29, 1.82) is 0 Å². The molecule has 0 radical (unpaired) electrons. The number of hydrogen-bond acceptors (Lipinski definition) is 3. The Labute approximate surface area is 157 Å². The van der Waals surface area contributed by atoms with Gasteiger partial charge in [0.05, 0.1) is 18.1 Å². The Balaban J connectivity index is 1.60. The van der Waals surface area contributed by atoms with Crippen LogP contribution in [0.2, 0.25) is 0 Å². The second kappa shape index (κ2) is 6.79. The minimum Gasteiger partial charge on any atom is -0.472 e. The van der Waals surface area contributed by atoms with Crippen LogP contribution in [0.5, 0.6) is 0 Å². The third-order valence-corrected chi connectivity index (χ3v) is 4.46. The number of hydrogen-bond donors (Lipinski definition) is 1. The Hall–Kier alpha value is -3.28. The van der Waals surface area contributed by atoms with Crippen molar-refractivity contribution < 1.29 is 9.21 Å². The van der Waals surface area contributed by atoms with Gasteiger partial charge in [-0.3, -0.25) is 9.48 Å². The Morgan fingerprint density at radius 3 is 2.85 bits per heavy atom. The van der Waals surface area contributed by atoms with E-state index in [1.165, 1.54) is 5.52 Å². The molecule has 1 amide bonds. The fourth-order valence-electron chi connectivity index (χ4n) is 3.30. The van der Waals surface area contributed by atoms with Crippen molar-refractivity contribution in [3.05, 3.63) is 60.8 Å². The van der Waals surface area contributed by atoms with Gasteiger partial charge in [0.25, 0.3) is 5.91 Å². The number of carbonyl (C=O) groups excluding carboxylic acids is 1. The van der Waals surface area contributed by atoms with Gasteiger partial charge in [0.2, 0.25) is 0 Å². The number of fused-ring (bicyclic) bond motifs is 1. The highest BCUT2D eigenvalue weighted by molar-refractivity contribution is 6.08. The number of aromatic nitrogens is 3. The summed E-state index contributed by atoms with van der Waals surface area (Å²) in [6, 6.07) is 9.85. The van der Waals surface area contributed by atoms with Gasteiger partial charge in [-0.2, -0.15) is 5.10 Å². The highest BCUT2D eigenvalue weighted by atomic mass is 16.3. The van der Waals surface area contributed by atoms with Crippen molar-refractivity contribution in [1.82, 2.24) is 14.3 Å². The SMILES string of the molecule is CC(C)Cn1ccc2cc(NC(=O)c3cn(C)nc3-c3ccoc3)ccc21. The van der Waals surface area contributed by atoms with Crippen LogP contribution in [0.1, 0.15) is 24.2 Å². The van der Waals surface area contributed by atoms with Crippen molar-refractivity contribution >= 4 is 22.5 Å². The summed E-state index contributed by atoms with van der Waals surface area (Å²) in [7, 11) is 1.80. The Bertz CT molecular complexity index is 1090. The zero-order valence-electron chi connectivity index (χ0n) is 15.6. The third kappa shape index (κ3) is 3.38. The number of carbonyl (C=O) groups is 1. The molecule has 4 rings (SSSR count). The second-order valence-corrected chi connectivity index (χ2v) is 7.17. The summed E-state index contributed by atoms with van der Waals surface area (Å²) in [4.78, 5) is 12.8. The van der Waals surface area contributed by atoms with Crippen LogP contribution < -0.4 is 5.32 Å². The number of anilines is 1. The van der Waals surface area contributed by atoms with Gasteiger partial charge in [-0.1, -0.05) is 13.8 Å². The largest absolute Gasteiger partial charge is 0.472 e. The van der Waals surface area contributed by atoms with E-state index in [9.17, 15) is 4.79 Å². The quantitative estimate of drug-likeness (QED) is 0.567. The van der Waals surface area contributed by atoms with Crippen LogP contribution in [-0.2, 0) is 13.6 Å². The number of furan rings is 1. The molecular formula is C21H22N4O2. The van der Waals surface area contributed by atoms with Crippen molar-refractivity contribution in [3.8, 4) is 11.3 Å². The fraction of sp³-hybridized carbons (Fsp3) is 0.238. The maximum Gasteiger partial charge on any atom is 0.259 e. The lowest BCUT2D eigenvalue weighted by atomic mass is 10.1. The van der Waals surface area contributed by atoms with Gasteiger partial charge in [-0.25, -0.2) is 0 Å². The van der Waals surface area contributed by atoms with Gasteiger partial charge in [0.15, 0.2) is 0 Å². The predicted octanol–water partition coefficient (Wildman–Crippen LogP) is 4.54. The van der Waals surface area contributed by atoms with Crippen LogP contribution in [0, 0.1) is 5.92 Å². The van der Waals surface area contributed by atoms with Gasteiger partial charge in [-0.15, -0.1) is 0 Å². The van der Waals surface area contributed by atoms with Crippen molar-refractivity contribution in [2.45, 2.75) is 20.4 Å². The van der Waals surface area contributed by atoms with E-state index in [2.05, 4.69) is 41.1 Å². The lowest BCUT2D eigenvalue weighted by Crippen LogP contribution is -2.12. The Morgan fingerprint density at radius 2 is 2.11 bits per heavy atom. The Kier molecular flexibility index (Phi) is 4.32. The lowest BCUT2D eigenvalue weighted by Gasteiger charge is -2.09. The normalized spacial score (nSPS) is 11.4. The maximum absolute atomic E-state index is 12.8. The van der Waals surface area contributed by atoms with Crippen LogP contribution in [-0.4, -0.2) is 20.3 Å². The molecule has 1 N–H and O–H groups in total. The fourth-order valence-corrected chi connectivity index (χ4v) is 3.30. The lowest BCUT2D eigenvalue weighted by molar-refractivity contribution is 0.102. The van der Waals surface area contributed by atoms with Crippen LogP contribution in [0.25, 0.3) is 22.2 Å². The predicted molar refractivity (Wildman–Crippen MR) is 106 cm³/mol. The molecule has 0 fully saturated rings.